The van der Waals surface area contributed by atoms with Crippen molar-refractivity contribution in [3.8, 4) is 11.3 Å². The molecule has 1 aromatic heterocycles. The van der Waals surface area contributed by atoms with E-state index in [1.807, 2.05) is 96.1 Å². The van der Waals surface area contributed by atoms with E-state index in [2.05, 4.69) is 10.3 Å². The van der Waals surface area contributed by atoms with Crippen molar-refractivity contribution in [1.82, 2.24) is 10.3 Å². The van der Waals surface area contributed by atoms with E-state index in [0.717, 1.165) is 16.6 Å². The fourth-order valence-electron chi connectivity index (χ4n) is 3.75. The number of alkyl carbamates (subject to hydrolysis) is 1. The summed E-state index contributed by atoms with van der Waals surface area (Å²) in [5.74, 6) is 1.10. The Labute approximate surface area is 207 Å². The lowest BCUT2D eigenvalue weighted by Crippen LogP contribution is -2.41. The van der Waals surface area contributed by atoms with Crippen molar-refractivity contribution in [2.75, 3.05) is 0 Å². The Morgan fingerprint density at radius 3 is 2.23 bits per heavy atom. The maximum atomic E-state index is 12.4. The first kappa shape index (κ1) is 25.0. The third-order valence-electron chi connectivity index (χ3n) is 6.66. The minimum absolute atomic E-state index is 0.0523. The zero-order valence-corrected chi connectivity index (χ0v) is 21.2. The van der Waals surface area contributed by atoms with E-state index in [1.165, 1.54) is 0 Å². The quantitative estimate of drug-likeness (QED) is 0.468. The molecule has 1 N–H and O–H groups in total. The Kier molecular flexibility index (Phi) is 7.06. The first-order valence-electron chi connectivity index (χ1n) is 11.9. The van der Waals surface area contributed by atoms with Crippen LogP contribution in [0.5, 0.6) is 0 Å². The fraction of sp³-hybridized carbons (Fsp3) is 0.407. The van der Waals surface area contributed by atoms with Crippen LogP contribution in [0.15, 0.2) is 65.2 Å². The molecule has 1 saturated heterocycles. The SMILES string of the molecule is CC(C)[C@H](NC(=O)OCc1ccccc1)c1ncc(-c2ccc(B3OC(C)(C)C(C)(C)O3)cc2)o1. The number of carbonyl (C=O) groups is 1. The van der Waals surface area contributed by atoms with Crippen LogP contribution in [0, 0.1) is 5.92 Å². The van der Waals surface area contributed by atoms with Gasteiger partial charge in [-0.3, -0.25) is 0 Å². The van der Waals surface area contributed by atoms with E-state index < -0.39 is 30.5 Å². The second kappa shape index (κ2) is 9.87. The molecule has 3 aromatic rings. The fourth-order valence-corrected chi connectivity index (χ4v) is 3.75. The Hall–Kier alpha value is -3.10. The van der Waals surface area contributed by atoms with Crippen molar-refractivity contribution in [2.45, 2.75) is 65.4 Å². The van der Waals surface area contributed by atoms with Crippen LogP contribution in [0.25, 0.3) is 11.3 Å². The van der Waals surface area contributed by atoms with Gasteiger partial charge in [0, 0.05) is 5.56 Å². The van der Waals surface area contributed by atoms with Gasteiger partial charge in [-0.2, -0.15) is 0 Å². The van der Waals surface area contributed by atoms with Gasteiger partial charge < -0.3 is 23.8 Å². The number of nitrogens with zero attached hydrogens (tertiary/aromatic N) is 1. The molecule has 0 radical (unpaired) electrons. The number of benzene rings is 2. The van der Waals surface area contributed by atoms with E-state index >= 15 is 0 Å². The number of rotatable bonds is 7. The van der Waals surface area contributed by atoms with Crippen molar-refractivity contribution in [3.05, 3.63) is 72.2 Å². The summed E-state index contributed by atoms with van der Waals surface area (Å²) in [4.78, 5) is 16.8. The minimum Gasteiger partial charge on any atom is -0.445 e. The number of hydrogen-bond donors (Lipinski definition) is 1. The van der Waals surface area contributed by atoms with Crippen LogP contribution < -0.4 is 10.8 Å². The number of aromatic nitrogens is 1. The zero-order valence-electron chi connectivity index (χ0n) is 21.2. The summed E-state index contributed by atoms with van der Waals surface area (Å²) in [6.07, 6.45) is 1.16. The van der Waals surface area contributed by atoms with Gasteiger partial charge in [-0.25, -0.2) is 9.78 Å². The van der Waals surface area contributed by atoms with Crippen LogP contribution in [-0.4, -0.2) is 29.4 Å². The average molecular weight is 476 g/mol. The standard InChI is InChI=1S/C27H33BN2O5/c1-18(2)23(30-25(31)32-17-19-10-8-7-9-11-19)24-29-16-22(33-24)20-12-14-21(15-13-20)28-34-26(3,4)27(5,6)35-28/h7-16,18,23H,17H2,1-6H3,(H,30,31)/t23-/m0/s1. The van der Waals surface area contributed by atoms with E-state index in [1.54, 1.807) is 6.20 Å². The van der Waals surface area contributed by atoms with Crippen molar-refractivity contribution in [3.63, 3.8) is 0 Å². The number of ether oxygens (including phenoxy) is 1. The molecule has 0 saturated carbocycles. The molecule has 4 rings (SSSR count). The van der Waals surface area contributed by atoms with E-state index in [-0.39, 0.29) is 12.5 Å². The maximum Gasteiger partial charge on any atom is 0.494 e. The van der Waals surface area contributed by atoms with Crippen molar-refractivity contribution in [2.24, 2.45) is 5.92 Å². The molecule has 0 unspecified atom stereocenters. The predicted octanol–water partition coefficient (Wildman–Crippen LogP) is 5.26. The van der Waals surface area contributed by atoms with Crippen molar-refractivity contribution >= 4 is 18.7 Å². The highest BCUT2D eigenvalue weighted by atomic mass is 16.7. The van der Waals surface area contributed by atoms with Gasteiger partial charge in [0.1, 0.15) is 12.6 Å². The van der Waals surface area contributed by atoms with Gasteiger partial charge in [-0.15, -0.1) is 0 Å². The molecule has 7 nitrogen and oxygen atoms in total. The van der Waals surface area contributed by atoms with Crippen LogP contribution in [0.3, 0.4) is 0 Å². The van der Waals surface area contributed by atoms with Crippen LogP contribution >= 0.6 is 0 Å². The topological polar surface area (TPSA) is 82.8 Å². The Balaban J connectivity index is 1.41. The van der Waals surface area contributed by atoms with Gasteiger partial charge in [0.15, 0.2) is 5.76 Å². The van der Waals surface area contributed by atoms with Crippen LogP contribution in [-0.2, 0) is 20.7 Å². The first-order valence-corrected chi connectivity index (χ1v) is 11.9. The van der Waals surface area contributed by atoms with Gasteiger partial charge in [0.25, 0.3) is 0 Å². The number of carbonyl (C=O) groups excluding carboxylic acids is 1. The van der Waals surface area contributed by atoms with Crippen molar-refractivity contribution in [1.29, 1.82) is 0 Å². The number of nitrogens with one attached hydrogen (secondary N) is 1. The molecular formula is C27H33BN2O5. The zero-order chi connectivity index (χ0) is 25.2. The maximum absolute atomic E-state index is 12.4. The second-order valence-corrected chi connectivity index (χ2v) is 10.2. The molecule has 1 fully saturated rings. The number of hydrogen-bond acceptors (Lipinski definition) is 6. The molecule has 1 atom stereocenters. The van der Waals surface area contributed by atoms with Crippen molar-refractivity contribution < 1.29 is 23.3 Å². The lowest BCUT2D eigenvalue weighted by atomic mass is 9.79. The summed E-state index contributed by atoms with van der Waals surface area (Å²) in [6.45, 7) is 12.3. The smallest absolute Gasteiger partial charge is 0.445 e. The summed E-state index contributed by atoms with van der Waals surface area (Å²) >= 11 is 0. The molecule has 2 aromatic carbocycles. The number of oxazole rings is 1. The highest BCUT2D eigenvalue weighted by Crippen LogP contribution is 2.36. The first-order chi connectivity index (χ1) is 16.6. The molecule has 1 aliphatic heterocycles. The Bertz CT molecular complexity index is 1130. The third-order valence-corrected chi connectivity index (χ3v) is 6.66. The van der Waals surface area contributed by atoms with E-state index in [4.69, 9.17) is 18.5 Å². The van der Waals surface area contributed by atoms with Gasteiger partial charge in [0.05, 0.1) is 17.4 Å². The average Bonchev–Trinajstić information content (AvgIpc) is 3.38. The number of amides is 1. The summed E-state index contributed by atoms with van der Waals surface area (Å²) in [5, 5.41) is 2.88. The Morgan fingerprint density at radius 1 is 1.00 bits per heavy atom. The van der Waals surface area contributed by atoms with Gasteiger partial charge in [0.2, 0.25) is 5.89 Å². The molecule has 1 amide bonds. The second-order valence-electron chi connectivity index (χ2n) is 10.2. The third kappa shape index (κ3) is 5.60. The molecule has 1 aliphatic rings. The highest BCUT2D eigenvalue weighted by molar-refractivity contribution is 6.62. The molecule has 0 spiro atoms. The molecule has 35 heavy (non-hydrogen) atoms. The van der Waals surface area contributed by atoms with Crippen LogP contribution in [0.2, 0.25) is 0 Å². The molecule has 8 heteroatoms. The molecule has 0 aliphatic carbocycles. The van der Waals surface area contributed by atoms with Gasteiger partial charge in [-0.05, 0) is 44.6 Å². The van der Waals surface area contributed by atoms with Gasteiger partial charge in [-0.1, -0.05) is 68.4 Å². The largest absolute Gasteiger partial charge is 0.494 e. The van der Waals surface area contributed by atoms with Gasteiger partial charge >= 0.3 is 13.2 Å². The lowest BCUT2D eigenvalue weighted by molar-refractivity contribution is 0.00578. The minimum atomic E-state index is -0.515. The monoisotopic (exact) mass is 476 g/mol. The van der Waals surface area contributed by atoms with Crippen LogP contribution in [0.1, 0.15) is 59.0 Å². The highest BCUT2D eigenvalue weighted by Gasteiger charge is 2.51. The lowest BCUT2D eigenvalue weighted by Gasteiger charge is -2.32. The molecule has 184 valence electrons. The van der Waals surface area contributed by atoms with Crippen LogP contribution in [0.4, 0.5) is 4.79 Å². The predicted molar refractivity (Wildman–Crippen MR) is 135 cm³/mol. The summed E-state index contributed by atoms with van der Waals surface area (Å²) < 4.78 is 23.7. The summed E-state index contributed by atoms with van der Waals surface area (Å²) in [5.41, 5.74) is 1.95. The summed E-state index contributed by atoms with van der Waals surface area (Å²) in [7, 11) is -0.421. The molecule has 0 bridgehead atoms. The van der Waals surface area contributed by atoms with E-state index in [9.17, 15) is 4.79 Å². The molecule has 2 heterocycles. The van der Waals surface area contributed by atoms with E-state index in [0.29, 0.717) is 11.7 Å². The Morgan fingerprint density at radius 2 is 1.63 bits per heavy atom. The normalized spacial score (nSPS) is 17.4. The molecular weight excluding hydrogens is 443 g/mol. The summed E-state index contributed by atoms with van der Waals surface area (Å²) in [6, 6.07) is 17.0.